The Morgan fingerprint density at radius 3 is 2.20 bits per heavy atom. The Labute approximate surface area is 179 Å². The van der Waals surface area contributed by atoms with E-state index in [1.807, 2.05) is 66.7 Å². The minimum atomic E-state index is -1.08. The molecule has 0 amide bonds. The van der Waals surface area contributed by atoms with Gasteiger partial charge in [-0.15, -0.1) is 0 Å². The normalized spacial score (nSPS) is 11.4. The van der Waals surface area contributed by atoms with E-state index >= 15 is 0 Å². The van der Waals surface area contributed by atoms with Gasteiger partial charge in [0, 0.05) is 11.1 Å². The van der Waals surface area contributed by atoms with E-state index in [2.05, 4.69) is 11.1 Å². The predicted molar refractivity (Wildman–Crippen MR) is 117 cm³/mol. The van der Waals surface area contributed by atoms with Gasteiger partial charge in [0.1, 0.15) is 11.1 Å². The monoisotopic (exact) mass is 416 g/mol. The topological polar surface area (TPSA) is 80.0 Å². The minimum absolute atomic E-state index is 0.168. The third kappa shape index (κ3) is 4.76. The fraction of sp³-hybridized carbons (Fsp3) is 0.167. The molecule has 1 aromatic heterocycles. The molecular formula is C24H20N2O3S. The van der Waals surface area contributed by atoms with E-state index in [1.54, 1.807) is 6.92 Å². The van der Waals surface area contributed by atoms with Crippen molar-refractivity contribution in [3.63, 3.8) is 0 Å². The molecule has 1 heterocycles. The van der Waals surface area contributed by atoms with Gasteiger partial charge < -0.3 is 4.74 Å². The molecule has 1 atom stereocenters. The molecule has 5 nitrogen and oxygen atoms in total. The van der Waals surface area contributed by atoms with Crippen LogP contribution in [0.4, 0.5) is 0 Å². The van der Waals surface area contributed by atoms with Crippen molar-refractivity contribution in [1.29, 1.82) is 5.26 Å². The molecule has 0 radical (unpaired) electrons. The van der Waals surface area contributed by atoms with Gasteiger partial charge in [0.25, 0.3) is 0 Å². The molecular weight excluding hydrogens is 396 g/mol. The summed E-state index contributed by atoms with van der Waals surface area (Å²) in [5.74, 6) is -0.984. The molecule has 2 aromatic carbocycles. The number of hydrogen-bond acceptors (Lipinski definition) is 6. The third-order valence-electron chi connectivity index (χ3n) is 4.35. The van der Waals surface area contributed by atoms with E-state index in [1.165, 1.54) is 6.92 Å². The van der Waals surface area contributed by atoms with E-state index in [-0.39, 0.29) is 12.4 Å². The van der Waals surface area contributed by atoms with Crippen LogP contribution in [0.2, 0.25) is 0 Å². The summed E-state index contributed by atoms with van der Waals surface area (Å²) >= 11 is 0.956. The summed E-state index contributed by atoms with van der Waals surface area (Å²) in [6.07, 6.45) is 0. The molecule has 0 unspecified atom stereocenters. The standard InChI is InChI=1S/C24H20N2O3S/c1-3-29-24(28)22(16(2)27)30-23-20(15-25)19(17-10-6-4-7-11-17)14-21(26-23)18-12-8-5-9-13-18/h4-14,22H,3H2,1-2H3/t22-/m1/s1. The van der Waals surface area contributed by atoms with Gasteiger partial charge in [-0.25, -0.2) is 4.98 Å². The second kappa shape index (κ2) is 9.86. The van der Waals surface area contributed by atoms with Crippen molar-refractivity contribution in [1.82, 2.24) is 4.98 Å². The Morgan fingerprint density at radius 2 is 1.67 bits per heavy atom. The smallest absolute Gasteiger partial charge is 0.327 e. The molecule has 0 N–H and O–H groups in total. The molecule has 0 aliphatic carbocycles. The fourth-order valence-electron chi connectivity index (χ4n) is 2.94. The molecule has 6 heteroatoms. The number of aromatic nitrogens is 1. The molecule has 30 heavy (non-hydrogen) atoms. The summed E-state index contributed by atoms with van der Waals surface area (Å²) < 4.78 is 5.05. The number of benzene rings is 2. The summed E-state index contributed by atoms with van der Waals surface area (Å²) in [5.41, 5.74) is 3.40. The van der Waals surface area contributed by atoms with Gasteiger partial charge in [-0.05, 0) is 25.5 Å². The van der Waals surface area contributed by atoms with Crippen LogP contribution in [-0.2, 0) is 14.3 Å². The number of nitriles is 1. The number of rotatable bonds is 7. The van der Waals surface area contributed by atoms with Crippen molar-refractivity contribution in [2.24, 2.45) is 0 Å². The highest BCUT2D eigenvalue weighted by Crippen LogP contribution is 2.36. The molecule has 150 valence electrons. The van der Waals surface area contributed by atoms with Gasteiger partial charge in [0.15, 0.2) is 11.0 Å². The summed E-state index contributed by atoms with van der Waals surface area (Å²) in [5, 5.41) is 9.15. The molecule has 0 aliphatic heterocycles. The van der Waals surface area contributed by atoms with Crippen LogP contribution in [0.15, 0.2) is 71.8 Å². The number of esters is 1. The summed E-state index contributed by atoms with van der Waals surface area (Å²) in [6, 6.07) is 23.1. The zero-order valence-corrected chi connectivity index (χ0v) is 17.5. The van der Waals surface area contributed by atoms with Gasteiger partial charge >= 0.3 is 5.97 Å². The Morgan fingerprint density at radius 1 is 1.07 bits per heavy atom. The lowest BCUT2D eigenvalue weighted by Gasteiger charge is -2.16. The highest BCUT2D eigenvalue weighted by Gasteiger charge is 2.29. The van der Waals surface area contributed by atoms with E-state index in [0.29, 0.717) is 21.8 Å². The zero-order valence-electron chi connectivity index (χ0n) is 16.7. The summed E-state index contributed by atoms with van der Waals surface area (Å²) in [7, 11) is 0. The van der Waals surface area contributed by atoms with Crippen LogP contribution in [0, 0.1) is 11.3 Å². The van der Waals surface area contributed by atoms with E-state index < -0.39 is 11.2 Å². The van der Waals surface area contributed by atoms with Crippen LogP contribution in [-0.4, -0.2) is 28.6 Å². The Bertz CT molecular complexity index is 1090. The molecule has 0 saturated carbocycles. The largest absolute Gasteiger partial charge is 0.465 e. The van der Waals surface area contributed by atoms with Crippen molar-refractivity contribution < 1.29 is 14.3 Å². The molecule has 3 rings (SSSR count). The highest BCUT2D eigenvalue weighted by molar-refractivity contribution is 8.01. The lowest BCUT2D eigenvalue weighted by Crippen LogP contribution is -2.27. The average molecular weight is 417 g/mol. The molecule has 0 spiro atoms. The zero-order chi connectivity index (χ0) is 21.5. The molecule has 0 bridgehead atoms. The summed E-state index contributed by atoms with van der Waals surface area (Å²) in [6.45, 7) is 3.18. The van der Waals surface area contributed by atoms with Crippen molar-refractivity contribution in [3.05, 3.63) is 72.3 Å². The van der Waals surface area contributed by atoms with Gasteiger partial charge in [-0.2, -0.15) is 5.26 Å². The molecule has 3 aromatic rings. The SMILES string of the molecule is CCOC(=O)[C@H](Sc1nc(-c2ccccc2)cc(-c2ccccc2)c1C#N)C(C)=O. The predicted octanol–water partition coefficient (Wildman–Crippen LogP) is 4.90. The van der Waals surface area contributed by atoms with Gasteiger partial charge in [-0.1, -0.05) is 72.4 Å². The first kappa shape index (κ1) is 21.3. The number of carbonyl (C=O) groups is 2. The van der Waals surface area contributed by atoms with Crippen LogP contribution in [0.3, 0.4) is 0 Å². The minimum Gasteiger partial charge on any atom is -0.465 e. The van der Waals surface area contributed by atoms with Crippen LogP contribution < -0.4 is 0 Å². The quantitative estimate of drug-likeness (QED) is 0.310. The highest BCUT2D eigenvalue weighted by atomic mass is 32.2. The van der Waals surface area contributed by atoms with Crippen LogP contribution in [0.5, 0.6) is 0 Å². The first-order valence-corrected chi connectivity index (χ1v) is 10.3. The number of carbonyl (C=O) groups excluding carboxylic acids is 2. The van der Waals surface area contributed by atoms with Crippen molar-refractivity contribution in [2.75, 3.05) is 6.61 Å². The number of pyridine rings is 1. The molecule has 0 aliphatic rings. The summed E-state index contributed by atoms with van der Waals surface area (Å²) in [4.78, 5) is 29.1. The van der Waals surface area contributed by atoms with Crippen molar-refractivity contribution >= 4 is 23.5 Å². The number of nitrogens with zero attached hydrogens (tertiary/aromatic N) is 2. The van der Waals surface area contributed by atoms with Gasteiger partial charge in [0.05, 0.1) is 17.9 Å². The maximum atomic E-state index is 12.3. The number of ether oxygens (including phenoxy) is 1. The first-order chi connectivity index (χ1) is 14.5. The maximum absolute atomic E-state index is 12.3. The Kier molecular flexibility index (Phi) is 6.99. The van der Waals surface area contributed by atoms with Gasteiger partial charge in [0.2, 0.25) is 0 Å². The average Bonchev–Trinajstić information content (AvgIpc) is 2.78. The van der Waals surface area contributed by atoms with Crippen molar-refractivity contribution in [3.8, 4) is 28.5 Å². The Hall–Kier alpha value is -3.43. The Balaban J connectivity index is 2.19. The van der Waals surface area contributed by atoms with E-state index in [4.69, 9.17) is 4.74 Å². The first-order valence-electron chi connectivity index (χ1n) is 9.44. The van der Waals surface area contributed by atoms with Crippen LogP contribution >= 0.6 is 11.8 Å². The van der Waals surface area contributed by atoms with E-state index in [9.17, 15) is 14.9 Å². The number of Topliss-reactive ketones (excluding diaryl/α,β-unsaturated/α-hetero) is 1. The maximum Gasteiger partial charge on any atom is 0.327 e. The number of hydrogen-bond donors (Lipinski definition) is 0. The lowest BCUT2D eigenvalue weighted by atomic mass is 9.99. The number of thioether (sulfide) groups is 1. The van der Waals surface area contributed by atoms with Crippen LogP contribution in [0.1, 0.15) is 19.4 Å². The fourth-order valence-corrected chi connectivity index (χ4v) is 3.92. The molecule has 0 fully saturated rings. The second-order valence-electron chi connectivity index (χ2n) is 6.44. The lowest BCUT2D eigenvalue weighted by molar-refractivity contribution is -0.144. The second-order valence-corrected chi connectivity index (χ2v) is 7.53. The van der Waals surface area contributed by atoms with Gasteiger partial charge in [-0.3, -0.25) is 9.59 Å². The number of ketones is 1. The third-order valence-corrected chi connectivity index (χ3v) is 5.63. The van der Waals surface area contributed by atoms with Crippen LogP contribution in [0.25, 0.3) is 22.4 Å². The van der Waals surface area contributed by atoms with E-state index in [0.717, 1.165) is 22.9 Å². The molecule has 0 saturated heterocycles. The van der Waals surface area contributed by atoms with Crippen molar-refractivity contribution in [2.45, 2.75) is 24.1 Å².